The van der Waals surface area contributed by atoms with Gasteiger partial charge in [0.25, 0.3) is 0 Å². The monoisotopic (exact) mass is 326 g/mol. The normalized spacial score (nSPS) is 11.0. The van der Waals surface area contributed by atoms with E-state index in [0.717, 1.165) is 47.5 Å². The number of fused-ring (bicyclic) bond motifs is 1. The van der Waals surface area contributed by atoms with Gasteiger partial charge in [-0.15, -0.1) is 0 Å². The number of unbranched alkanes of at least 4 members (excludes halogenated alkanes) is 1. The molecule has 0 amide bonds. The van der Waals surface area contributed by atoms with Crippen LogP contribution >= 0.6 is 0 Å². The molecule has 6 nitrogen and oxygen atoms in total. The number of hydrogen-bond acceptors (Lipinski definition) is 6. The molecule has 0 aliphatic rings. The third kappa shape index (κ3) is 3.19. The number of furan rings is 1. The third-order valence-electron chi connectivity index (χ3n) is 3.88. The van der Waals surface area contributed by atoms with E-state index in [1.54, 1.807) is 12.4 Å². The van der Waals surface area contributed by atoms with Gasteiger partial charge in [-0.2, -0.15) is 0 Å². The van der Waals surface area contributed by atoms with Gasteiger partial charge in [0.05, 0.1) is 17.7 Å². The second-order valence-electron chi connectivity index (χ2n) is 5.66. The van der Waals surface area contributed by atoms with Crippen molar-refractivity contribution in [2.24, 2.45) is 0 Å². The highest BCUT2D eigenvalue weighted by Gasteiger charge is 2.20. The Morgan fingerprint density at radius 2 is 2.12 bits per heavy atom. The first-order valence-electron chi connectivity index (χ1n) is 8.18. The van der Waals surface area contributed by atoms with E-state index < -0.39 is 0 Å². The molecule has 3 N–H and O–H groups in total. The van der Waals surface area contributed by atoms with Crippen LogP contribution in [0.25, 0.3) is 11.0 Å². The van der Waals surface area contributed by atoms with Gasteiger partial charge in [0.1, 0.15) is 11.5 Å². The first kappa shape index (κ1) is 16.3. The minimum atomic E-state index is -0.103. The molecule has 0 aliphatic heterocycles. The summed E-state index contributed by atoms with van der Waals surface area (Å²) >= 11 is 0. The van der Waals surface area contributed by atoms with Gasteiger partial charge in [0, 0.05) is 24.5 Å². The number of aliphatic hydroxyl groups excluding tert-OH is 1. The van der Waals surface area contributed by atoms with Crippen LogP contribution in [0.1, 0.15) is 31.0 Å². The molecule has 0 aromatic carbocycles. The second-order valence-corrected chi connectivity index (χ2v) is 5.66. The topological polar surface area (TPSA) is 83.2 Å². The number of aromatic nitrogens is 2. The van der Waals surface area contributed by atoms with E-state index in [2.05, 4.69) is 27.5 Å². The summed E-state index contributed by atoms with van der Waals surface area (Å²) < 4.78 is 6.02. The molecule has 0 fully saturated rings. The van der Waals surface area contributed by atoms with Crippen molar-refractivity contribution in [2.75, 3.05) is 17.2 Å². The van der Waals surface area contributed by atoms with Crippen molar-refractivity contribution in [3.8, 4) is 0 Å². The molecule has 0 aliphatic carbocycles. The average molecular weight is 326 g/mol. The van der Waals surface area contributed by atoms with Crippen LogP contribution in [0.5, 0.6) is 0 Å². The molecule has 126 valence electrons. The summed E-state index contributed by atoms with van der Waals surface area (Å²) in [5.74, 6) is 1.37. The van der Waals surface area contributed by atoms with Crippen molar-refractivity contribution in [2.45, 2.75) is 33.3 Å². The Balaban J connectivity index is 2.10. The summed E-state index contributed by atoms with van der Waals surface area (Å²) in [4.78, 5) is 8.63. The van der Waals surface area contributed by atoms with Gasteiger partial charge in [-0.05, 0) is 25.5 Å². The van der Waals surface area contributed by atoms with Gasteiger partial charge in [0.2, 0.25) is 5.88 Å². The Morgan fingerprint density at radius 3 is 2.83 bits per heavy atom. The summed E-state index contributed by atoms with van der Waals surface area (Å²) in [6.45, 7) is 4.75. The quantitative estimate of drug-likeness (QED) is 0.570. The van der Waals surface area contributed by atoms with E-state index in [1.165, 1.54) is 0 Å². The maximum Gasteiger partial charge on any atom is 0.218 e. The molecule has 0 saturated carbocycles. The van der Waals surface area contributed by atoms with Crippen LogP contribution in [0.15, 0.2) is 35.0 Å². The van der Waals surface area contributed by atoms with E-state index in [9.17, 15) is 5.11 Å². The minimum absolute atomic E-state index is 0.103. The number of nitrogens with zero attached hydrogens (tertiary/aromatic N) is 2. The van der Waals surface area contributed by atoms with Crippen molar-refractivity contribution >= 4 is 28.4 Å². The maximum atomic E-state index is 9.69. The Kier molecular flexibility index (Phi) is 4.96. The van der Waals surface area contributed by atoms with Crippen LogP contribution in [0.4, 0.5) is 17.4 Å². The van der Waals surface area contributed by atoms with Crippen molar-refractivity contribution in [3.63, 3.8) is 0 Å². The lowest BCUT2D eigenvalue weighted by molar-refractivity contribution is 0.283. The van der Waals surface area contributed by atoms with E-state index in [0.29, 0.717) is 11.5 Å². The molecule has 6 heteroatoms. The largest absolute Gasteiger partial charge is 0.436 e. The summed E-state index contributed by atoms with van der Waals surface area (Å²) in [5, 5.41) is 17.2. The predicted molar refractivity (Wildman–Crippen MR) is 95.6 cm³/mol. The van der Waals surface area contributed by atoms with Crippen LogP contribution in [0, 0.1) is 6.92 Å². The van der Waals surface area contributed by atoms with E-state index in [4.69, 9.17) is 4.42 Å². The second kappa shape index (κ2) is 7.31. The third-order valence-corrected chi connectivity index (χ3v) is 3.88. The smallest absolute Gasteiger partial charge is 0.218 e. The molecule has 0 spiro atoms. The number of nitrogens with one attached hydrogen (secondary N) is 2. The first-order chi connectivity index (χ1) is 11.7. The Bertz CT molecular complexity index is 815. The fourth-order valence-electron chi connectivity index (χ4n) is 2.60. The fourth-order valence-corrected chi connectivity index (χ4v) is 2.60. The molecule has 0 saturated heterocycles. The van der Waals surface area contributed by atoms with Gasteiger partial charge in [0.15, 0.2) is 5.58 Å². The number of hydrogen-bond donors (Lipinski definition) is 3. The molecule has 3 aromatic rings. The predicted octanol–water partition coefficient (Wildman–Crippen LogP) is 3.98. The maximum absolute atomic E-state index is 9.69. The molecular formula is C18H22N4O2. The number of rotatable bonds is 7. The highest BCUT2D eigenvalue weighted by atomic mass is 16.4. The fraction of sp³-hybridized carbons (Fsp3) is 0.333. The lowest BCUT2D eigenvalue weighted by Gasteiger charge is -2.09. The molecule has 3 aromatic heterocycles. The van der Waals surface area contributed by atoms with Crippen LogP contribution in [-0.4, -0.2) is 21.6 Å². The highest BCUT2D eigenvalue weighted by Crippen LogP contribution is 2.39. The summed E-state index contributed by atoms with van der Waals surface area (Å²) in [6.07, 6.45) is 5.56. The lowest BCUT2D eigenvalue weighted by atomic mass is 10.1. The Labute approximate surface area is 140 Å². The Morgan fingerprint density at radius 1 is 1.25 bits per heavy atom. The SMILES string of the molecule is CCCCNc1oc2c(C)ncc(CO)c2c1Nc1ccccn1. The Hall–Kier alpha value is -2.60. The van der Waals surface area contributed by atoms with E-state index >= 15 is 0 Å². The van der Waals surface area contributed by atoms with E-state index in [-0.39, 0.29) is 6.61 Å². The van der Waals surface area contributed by atoms with Gasteiger partial charge in [-0.3, -0.25) is 4.98 Å². The van der Waals surface area contributed by atoms with Crippen LogP contribution in [0.3, 0.4) is 0 Å². The average Bonchev–Trinajstić information content (AvgIpc) is 2.96. The summed E-state index contributed by atoms with van der Waals surface area (Å²) in [5.41, 5.74) is 2.98. The molecule has 0 bridgehead atoms. The van der Waals surface area contributed by atoms with Crippen molar-refractivity contribution in [3.05, 3.63) is 41.9 Å². The molecule has 0 unspecified atom stereocenters. The molecule has 3 heterocycles. The number of anilines is 3. The van der Waals surface area contributed by atoms with Crippen LogP contribution in [0.2, 0.25) is 0 Å². The van der Waals surface area contributed by atoms with Crippen molar-refractivity contribution < 1.29 is 9.52 Å². The molecule has 0 radical (unpaired) electrons. The zero-order valence-electron chi connectivity index (χ0n) is 14.0. The molecule has 3 rings (SSSR count). The van der Waals surface area contributed by atoms with Gasteiger partial charge < -0.3 is 20.2 Å². The highest BCUT2D eigenvalue weighted by molar-refractivity contribution is 6.01. The lowest BCUT2D eigenvalue weighted by Crippen LogP contribution is -2.03. The van der Waals surface area contributed by atoms with Gasteiger partial charge >= 0.3 is 0 Å². The summed E-state index contributed by atoms with van der Waals surface area (Å²) in [7, 11) is 0. The molecular weight excluding hydrogens is 304 g/mol. The van der Waals surface area contributed by atoms with Crippen LogP contribution < -0.4 is 10.6 Å². The van der Waals surface area contributed by atoms with Crippen LogP contribution in [-0.2, 0) is 6.61 Å². The van der Waals surface area contributed by atoms with Crippen molar-refractivity contribution in [1.29, 1.82) is 0 Å². The summed E-state index contributed by atoms with van der Waals surface area (Å²) in [6, 6.07) is 5.68. The van der Waals surface area contributed by atoms with Gasteiger partial charge in [-0.1, -0.05) is 19.4 Å². The number of aryl methyl sites for hydroxylation is 1. The molecule has 0 atom stereocenters. The number of aliphatic hydroxyl groups is 1. The standard InChI is InChI=1S/C18H22N4O2/c1-3-4-8-20-18-16(22-14-7-5-6-9-19-14)15-13(11-23)10-21-12(2)17(15)24-18/h5-7,9-10,20,23H,3-4,8,11H2,1-2H3,(H,19,22). The van der Waals surface area contributed by atoms with Gasteiger partial charge in [-0.25, -0.2) is 4.98 Å². The molecule has 24 heavy (non-hydrogen) atoms. The number of pyridine rings is 2. The first-order valence-corrected chi connectivity index (χ1v) is 8.18. The van der Waals surface area contributed by atoms with E-state index in [1.807, 2.05) is 25.1 Å². The zero-order chi connectivity index (χ0) is 16.9. The zero-order valence-corrected chi connectivity index (χ0v) is 14.0. The van der Waals surface area contributed by atoms with Crippen molar-refractivity contribution in [1.82, 2.24) is 9.97 Å². The minimum Gasteiger partial charge on any atom is -0.436 e.